The van der Waals surface area contributed by atoms with Crippen molar-refractivity contribution in [1.29, 1.82) is 0 Å². The molecule has 1 heterocycles. The molecule has 0 saturated carbocycles. The van der Waals surface area contributed by atoms with E-state index in [1.54, 1.807) is 65.6 Å². The lowest BCUT2D eigenvalue weighted by Gasteiger charge is -2.25. The second-order valence-electron chi connectivity index (χ2n) is 8.26. The summed E-state index contributed by atoms with van der Waals surface area (Å²) in [5, 5.41) is 2.76. The Morgan fingerprint density at radius 1 is 0.912 bits per heavy atom. The highest BCUT2D eigenvalue weighted by atomic mass is 32.2. The van der Waals surface area contributed by atoms with Crippen LogP contribution in [0.15, 0.2) is 83.8 Å². The van der Waals surface area contributed by atoms with Crippen LogP contribution in [0, 0.1) is 6.92 Å². The highest BCUT2D eigenvalue weighted by molar-refractivity contribution is 7.92. The number of hydrogen-bond acceptors (Lipinski definition) is 4. The van der Waals surface area contributed by atoms with Crippen molar-refractivity contribution in [3.8, 4) is 0 Å². The molecule has 0 aliphatic carbocycles. The summed E-state index contributed by atoms with van der Waals surface area (Å²) in [5.41, 5.74) is 2.02. The lowest BCUT2D eigenvalue weighted by Crippen LogP contribution is -2.38. The average Bonchev–Trinajstić information content (AvgIpc) is 3.38. The van der Waals surface area contributed by atoms with Crippen LogP contribution >= 0.6 is 0 Å². The Bertz CT molecular complexity index is 1290. The maximum atomic E-state index is 13.5. The molecule has 4 rings (SSSR count). The number of nitrogens with one attached hydrogen (secondary N) is 1. The van der Waals surface area contributed by atoms with Crippen LogP contribution < -0.4 is 9.62 Å². The minimum absolute atomic E-state index is 0.0916. The van der Waals surface area contributed by atoms with Crippen LogP contribution in [0.25, 0.3) is 0 Å². The Labute approximate surface area is 200 Å². The molecule has 0 bridgehead atoms. The fraction of sp³-hybridized carbons (Fsp3) is 0.231. The number of likely N-dealkylation sites (tertiary alicyclic amines) is 1. The van der Waals surface area contributed by atoms with Crippen molar-refractivity contribution in [3.05, 3.63) is 90.0 Å². The van der Waals surface area contributed by atoms with E-state index in [0.717, 1.165) is 22.7 Å². The van der Waals surface area contributed by atoms with Gasteiger partial charge in [-0.15, -0.1) is 0 Å². The fourth-order valence-corrected chi connectivity index (χ4v) is 5.44. The van der Waals surface area contributed by atoms with Crippen LogP contribution in [0.4, 0.5) is 11.4 Å². The topological polar surface area (TPSA) is 86.8 Å². The van der Waals surface area contributed by atoms with E-state index < -0.39 is 22.5 Å². The maximum Gasteiger partial charge on any atom is 0.264 e. The molecule has 1 saturated heterocycles. The van der Waals surface area contributed by atoms with Gasteiger partial charge in [-0.05, 0) is 61.7 Å². The number of para-hydroxylation sites is 1. The zero-order valence-corrected chi connectivity index (χ0v) is 19.8. The second kappa shape index (κ2) is 10.1. The molecule has 34 heavy (non-hydrogen) atoms. The van der Waals surface area contributed by atoms with E-state index >= 15 is 0 Å². The smallest absolute Gasteiger partial charge is 0.264 e. The van der Waals surface area contributed by atoms with Crippen LogP contribution in [0.2, 0.25) is 0 Å². The highest BCUT2D eigenvalue weighted by Gasteiger charge is 2.28. The van der Waals surface area contributed by atoms with E-state index in [1.165, 1.54) is 12.1 Å². The van der Waals surface area contributed by atoms with Crippen LogP contribution in [0.3, 0.4) is 0 Å². The molecule has 3 aromatic rings. The first-order valence-electron chi connectivity index (χ1n) is 11.2. The van der Waals surface area contributed by atoms with Gasteiger partial charge in [0.05, 0.1) is 21.8 Å². The average molecular weight is 478 g/mol. The Balaban J connectivity index is 1.62. The number of carbonyl (C=O) groups excluding carboxylic acids is 2. The molecule has 176 valence electrons. The quantitative estimate of drug-likeness (QED) is 0.556. The van der Waals surface area contributed by atoms with Gasteiger partial charge in [-0.2, -0.15) is 0 Å². The molecule has 0 atom stereocenters. The summed E-state index contributed by atoms with van der Waals surface area (Å²) in [6, 6.07) is 21.8. The Hall–Kier alpha value is -3.65. The van der Waals surface area contributed by atoms with Crippen molar-refractivity contribution < 1.29 is 18.0 Å². The number of benzene rings is 3. The summed E-state index contributed by atoms with van der Waals surface area (Å²) in [6.45, 7) is 2.80. The first kappa shape index (κ1) is 23.5. The molecule has 0 aromatic heterocycles. The third-order valence-electron chi connectivity index (χ3n) is 5.73. The number of amides is 2. The van der Waals surface area contributed by atoms with E-state index in [-0.39, 0.29) is 10.8 Å². The summed E-state index contributed by atoms with van der Waals surface area (Å²) in [6.07, 6.45) is 1.92. The maximum absolute atomic E-state index is 13.5. The van der Waals surface area contributed by atoms with Crippen molar-refractivity contribution in [2.24, 2.45) is 0 Å². The summed E-state index contributed by atoms with van der Waals surface area (Å²) in [7, 11) is -4.00. The van der Waals surface area contributed by atoms with Crippen molar-refractivity contribution in [3.63, 3.8) is 0 Å². The summed E-state index contributed by atoms with van der Waals surface area (Å²) in [4.78, 5) is 27.9. The van der Waals surface area contributed by atoms with Gasteiger partial charge >= 0.3 is 0 Å². The monoisotopic (exact) mass is 477 g/mol. The molecule has 7 nitrogen and oxygen atoms in total. The lowest BCUT2D eigenvalue weighted by atomic mass is 10.1. The lowest BCUT2D eigenvalue weighted by molar-refractivity contribution is -0.114. The highest BCUT2D eigenvalue weighted by Crippen LogP contribution is 2.25. The standard InChI is InChI=1S/C26H27N3O4S/c1-20-10-9-11-21(18-20)29(34(32,33)22-12-3-2-4-13-22)19-25(30)27-24-15-6-5-14-23(24)26(31)28-16-7-8-17-28/h2-6,9-15,18H,7-8,16-17,19H2,1H3,(H,27,30). The van der Waals surface area contributed by atoms with E-state index in [2.05, 4.69) is 5.32 Å². The van der Waals surface area contributed by atoms with Gasteiger partial charge in [-0.25, -0.2) is 8.42 Å². The number of sulfonamides is 1. The second-order valence-corrected chi connectivity index (χ2v) is 10.1. The largest absolute Gasteiger partial charge is 0.339 e. The van der Waals surface area contributed by atoms with Gasteiger partial charge in [0.15, 0.2) is 0 Å². The van der Waals surface area contributed by atoms with Crippen molar-refractivity contribution >= 4 is 33.2 Å². The third kappa shape index (κ3) is 5.12. The van der Waals surface area contributed by atoms with E-state index in [0.29, 0.717) is 30.0 Å². The van der Waals surface area contributed by atoms with Gasteiger partial charge < -0.3 is 10.2 Å². The number of carbonyl (C=O) groups is 2. The number of aryl methyl sites for hydroxylation is 1. The zero-order chi connectivity index (χ0) is 24.1. The molecule has 1 fully saturated rings. The fourth-order valence-electron chi connectivity index (χ4n) is 4.01. The summed E-state index contributed by atoms with van der Waals surface area (Å²) in [5.74, 6) is -0.677. The summed E-state index contributed by atoms with van der Waals surface area (Å²) < 4.78 is 28.0. The Morgan fingerprint density at radius 3 is 2.29 bits per heavy atom. The SMILES string of the molecule is Cc1cccc(N(CC(=O)Nc2ccccc2C(=O)N2CCCC2)S(=O)(=O)c2ccccc2)c1. The number of hydrogen-bond donors (Lipinski definition) is 1. The molecule has 8 heteroatoms. The van der Waals surface area contributed by atoms with Crippen LogP contribution in [-0.2, 0) is 14.8 Å². The van der Waals surface area contributed by atoms with Crippen molar-refractivity contribution in [1.82, 2.24) is 4.90 Å². The van der Waals surface area contributed by atoms with Gasteiger partial charge in [-0.3, -0.25) is 13.9 Å². The molecule has 2 amide bonds. The van der Waals surface area contributed by atoms with Gasteiger partial charge in [0.25, 0.3) is 15.9 Å². The molecule has 1 aliphatic rings. The molecule has 1 N–H and O–H groups in total. The van der Waals surface area contributed by atoms with Crippen LogP contribution in [0.1, 0.15) is 28.8 Å². The van der Waals surface area contributed by atoms with E-state index in [1.807, 2.05) is 13.0 Å². The molecule has 0 radical (unpaired) electrons. The van der Waals surface area contributed by atoms with Crippen molar-refractivity contribution in [2.45, 2.75) is 24.7 Å². The zero-order valence-electron chi connectivity index (χ0n) is 19.0. The van der Waals surface area contributed by atoms with Gasteiger partial charge in [-0.1, -0.05) is 42.5 Å². The summed E-state index contributed by atoms with van der Waals surface area (Å²) >= 11 is 0. The van der Waals surface area contributed by atoms with Crippen LogP contribution in [-0.4, -0.2) is 44.8 Å². The molecular weight excluding hydrogens is 450 g/mol. The van der Waals surface area contributed by atoms with Gasteiger partial charge in [0.1, 0.15) is 6.54 Å². The molecule has 1 aliphatic heterocycles. The normalized spacial score (nSPS) is 13.5. The van der Waals surface area contributed by atoms with E-state index in [4.69, 9.17) is 0 Å². The molecule has 0 spiro atoms. The number of rotatable bonds is 7. The van der Waals surface area contributed by atoms with E-state index in [9.17, 15) is 18.0 Å². The van der Waals surface area contributed by atoms with Crippen LogP contribution in [0.5, 0.6) is 0 Å². The predicted molar refractivity (Wildman–Crippen MR) is 132 cm³/mol. The Morgan fingerprint density at radius 2 is 1.59 bits per heavy atom. The third-order valence-corrected chi connectivity index (χ3v) is 7.52. The predicted octanol–water partition coefficient (Wildman–Crippen LogP) is 4.07. The molecular formula is C26H27N3O4S. The first-order valence-corrected chi connectivity index (χ1v) is 12.6. The minimum atomic E-state index is -4.00. The van der Waals surface area contributed by atoms with Gasteiger partial charge in [0, 0.05) is 13.1 Å². The number of nitrogens with zero attached hydrogens (tertiary/aromatic N) is 2. The number of anilines is 2. The molecule has 3 aromatic carbocycles. The first-order chi connectivity index (χ1) is 16.4. The molecule has 0 unspecified atom stereocenters. The van der Waals surface area contributed by atoms with Crippen molar-refractivity contribution in [2.75, 3.05) is 29.3 Å². The Kier molecular flexibility index (Phi) is 6.98. The minimum Gasteiger partial charge on any atom is -0.339 e. The van der Waals surface area contributed by atoms with Gasteiger partial charge in [0.2, 0.25) is 5.91 Å².